The van der Waals surface area contributed by atoms with Crippen LogP contribution in [-0.4, -0.2) is 13.7 Å². The van der Waals surface area contributed by atoms with Crippen molar-refractivity contribution in [3.8, 4) is 5.75 Å². The summed E-state index contributed by atoms with van der Waals surface area (Å²) in [6, 6.07) is 5.52. The van der Waals surface area contributed by atoms with Crippen LogP contribution in [0.5, 0.6) is 5.75 Å². The predicted molar refractivity (Wildman–Crippen MR) is 55.5 cm³/mol. The lowest BCUT2D eigenvalue weighted by Crippen LogP contribution is -1.93. The van der Waals surface area contributed by atoms with Gasteiger partial charge in [-0.15, -0.1) is 0 Å². The van der Waals surface area contributed by atoms with Crippen LogP contribution in [0, 0.1) is 0 Å². The van der Waals surface area contributed by atoms with Crippen molar-refractivity contribution in [2.24, 2.45) is 5.73 Å². The molecule has 0 spiro atoms. The summed E-state index contributed by atoms with van der Waals surface area (Å²) in [5.74, 6) is 0.768. The molecule has 3 heteroatoms. The Labute approximate surface area is 78.0 Å². The van der Waals surface area contributed by atoms with Gasteiger partial charge in [0.25, 0.3) is 0 Å². The van der Waals surface area contributed by atoms with Gasteiger partial charge in [0.2, 0.25) is 0 Å². The molecule has 0 aliphatic carbocycles. The lowest BCUT2D eigenvalue weighted by molar-refractivity contribution is 0.414. The smallest absolute Gasteiger partial charge is 0.128 e. The molecule has 3 nitrogen and oxygen atoms in total. The molecular formula is C10H14N2O. The third-order valence-corrected chi connectivity index (χ3v) is 1.69. The second kappa shape index (κ2) is 4.52. The van der Waals surface area contributed by atoms with Gasteiger partial charge in [0.1, 0.15) is 5.75 Å². The Bertz CT molecular complexity index is 308. The molecule has 0 heterocycles. The van der Waals surface area contributed by atoms with E-state index in [4.69, 9.17) is 16.2 Å². The van der Waals surface area contributed by atoms with Crippen LogP contribution in [0.25, 0.3) is 6.08 Å². The van der Waals surface area contributed by atoms with Crippen molar-refractivity contribution in [2.45, 2.75) is 0 Å². The molecule has 0 atom stereocenters. The molecule has 0 saturated carbocycles. The van der Waals surface area contributed by atoms with Gasteiger partial charge in [0, 0.05) is 23.9 Å². The Morgan fingerprint density at radius 1 is 1.46 bits per heavy atom. The van der Waals surface area contributed by atoms with Crippen LogP contribution in [0.3, 0.4) is 0 Å². The third-order valence-electron chi connectivity index (χ3n) is 1.69. The van der Waals surface area contributed by atoms with Gasteiger partial charge in [-0.25, -0.2) is 0 Å². The molecule has 0 saturated heterocycles. The summed E-state index contributed by atoms with van der Waals surface area (Å²) in [5, 5.41) is 0. The van der Waals surface area contributed by atoms with Gasteiger partial charge in [0.05, 0.1) is 7.11 Å². The molecule has 0 fully saturated rings. The first kappa shape index (κ1) is 9.61. The van der Waals surface area contributed by atoms with E-state index in [0.29, 0.717) is 12.2 Å². The average Bonchev–Trinajstić information content (AvgIpc) is 2.16. The van der Waals surface area contributed by atoms with Crippen molar-refractivity contribution in [2.75, 3.05) is 19.4 Å². The number of hydrogen-bond acceptors (Lipinski definition) is 3. The molecular weight excluding hydrogens is 164 g/mol. The van der Waals surface area contributed by atoms with Crippen LogP contribution in [0.1, 0.15) is 5.56 Å². The zero-order valence-corrected chi connectivity index (χ0v) is 7.66. The van der Waals surface area contributed by atoms with Gasteiger partial charge in [-0.3, -0.25) is 0 Å². The lowest BCUT2D eigenvalue weighted by atomic mass is 10.1. The van der Waals surface area contributed by atoms with Gasteiger partial charge in [0.15, 0.2) is 0 Å². The summed E-state index contributed by atoms with van der Waals surface area (Å²) in [6.45, 7) is 0.521. The summed E-state index contributed by atoms with van der Waals surface area (Å²) >= 11 is 0. The molecule has 0 bridgehead atoms. The highest BCUT2D eigenvalue weighted by molar-refractivity contribution is 5.61. The maximum absolute atomic E-state index is 5.60. The molecule has 0 aliphatic heterocycles. The summed E-state index contributed by atoms with van der Waals surface area (Å²) in [4.78, 5) is 0. The van der Waals surface area contributed by atoms with E-state index in [2.05, 4.69) is 0 Å². The summed E-state index contributed by atoms with van der Waals surface area (Å²) in [7, 11) is 1.62. The number of rotatable bonds is 3. The highest BCUT2D eigenvalue weighted by Crippen LogP contribution is 2.22. The first-order chi connectivity index (χ1) is 6.27. The molecule has 0 aliphatic rings. The van der Waals surface area contributed by atoms with Crippen LogP contribution in [0.15, 0.2) is 24.3 Å². The van der Waals surface area contributed by atoms with E-state index in [1.807, 2.05) is 24.3 Å². The molecule has 1 aromatic rings. The number of hydrogen-bond donors (Lipinski definition) is 2. The third kappa shape index (κ3) is 2.49. The molecule has 1 aromatic carbocycles. The molecule has 70 valence electrons. The number of nitrogen functional groups attached to an aromatic ring is 1. The lowest BCUT2D eigenvalue weighted by Gasteiger charge is -2.05. The second-order valence-electron chi connectivity index (χ2n) is 2.64. The summed E-state index contributed by atoms with van der Waals surface area (Å²) < 4.78 is 5.15. The maximum atomic E-state index is 5.60. The first-order valence-electron chi connectivity index (χ1n) is 4.08. The Kier molecular flexibility index (Phi) is 3.34. The van der Waals surface area contributed by atoms with Crippen LogP contribution >= 0.6 is 0 Å². The highest BCUT2D eigenvalue weighted by atomic mass is 16.5. The zero-order chi connectivity index (χ0) is 9.68. The zero-order valence-electron chi connectivity index (χ0n) is 7.66. The molecule has 13 heavy (non-hydrogen) atoms. The van der Waals surface area contributed by atoms with E-state index in [0.717, 1.165) is 11.3 Å². The number of benzene rings is 1. The Hall–Kier alpha value is -1.48. The normalized spacial score (nSPS) is 10.6. The van der Waals surface area contributed by atoms with E-state index in [1.54, 1.807) is 13.2 Å². The quantitative estimate of drug-likeness (QED) is 0.685. The number of nitrogens with two attached hydrogens (primary N) is 2. The first-order valence-corrected chi connectivity index (χ1v) is 4.08. The largest absolute Gasteiger partial charge is 0.496 e. The average molecular weight is 178 g/mol. The topological polar surface area (TPSA) is 61.3 Å². The molecule has 0 aromatic heterocycles. The minimum atomic E-state index is 0.521. The van der Waals surface area contributed by atoms with Gasteiger partial charge >= 0.3 is 0 Å². The molecule has 0 radical (unpaired) electrons. The minimum absolute atomic E-state index is 0.521. The Morgan fingerprint density at radius 2 is 2.23 bits per heavy atom. The highest BCUT2D eigenvalue weighted by Gasteiger charge is 1.98. The Balaban J connectivity index is 2.99. The fourth-order valence-corrected chi connectivity index (χ4v) is 1.06. The van der Waals surface area contributed by atoms with Crippen LogP contribution in [0.2, 0.25) is 0 Å². The number of ether oxygens (including phenoxy) is 1. The molecule has 1 rings (SSSR count). The SMILES string of the molecule is COc1cc(N)ccc1C=CCN. The van der Waals surface area contributed by atoms with Crippen LogP contribution in [0.4, 0.5) is 5.69 Å². The fraction of sp³-hybridized carbons (Fsp3) is 0.200. The maximum Gasteiger partial charge on any atom is 0.128 e. The second-order valence-corrected chi connectivity index (χ2v) is 2.64. The van der Waals surface area contributed by atoms with Crippen LogP contribution in [-0.2, 0) is 0 Å². The summed E-state index contributed by atoms with van der Waals surface area (Å²) in [5.41, 5.74) is 12.6. The van der Waals surface area contributed by atoms with Gasteiger partial charge in [-0.05, 0) is 12.1 Å². The van der Waals surface area contributed by atoms with Crippen molar-refractivity contribution < 1.29 is 4.74 Å². The van der Waals surface area contributed by atoms with E-state index in [9.17, 15) is 0 Å². The van der Waals surface area contributed by atoms with E-state index in [-0.39, 0.29) is 0 Å². The predicted octanol–water partition coefficient (Wildman–Crippen LogP) is 1.25. The van der Waals surface area contributed by atoms with Crippen molar-refractivity contribution in [1.82, 2.24) is 0 Å². The van der Waals surface area contributed by atoms with Crippen molar-refractivity contribution in [3.63, 3.8) is 0 Å². The van der Waals surface area contributed by atoms with Gasteiger partial charge in [-0.2, -0.15) is 0 Å². The number of methoxy groups -OCH3 is 1. The molecule has 0 amide bonds. The van der Waals surface area contributed by atoms with Gasteiger partial charge < -0.3 is 16.2 Å². The van der Waals surface area contributed by atoms with Crippen molar-refractivity contribution in [1.29, 1.82) is 0 Å². The van der Waals surface area contributed by atoms with E-state index < -0.39 is 0 Å². The summed E-state index contributed by atoms with van der Waals surface area (Å²) in [6.07, 6.45) is 3.78. The van der Waals surface area contributed by atoms with E-state index >= 15 is 0 Å². The standard InChI is InChI=1S/C10H14N2O/c1-13-10-7-9(12)5-4-8(10)3-2-6-11/h2-5,7H,6,11-12H2,1H3. The minimum Gasteiger partial charge on any atom is -0.496 e. The molecule has 0 unspecified atom stereocenters. The monoisotopic (exact) mass is 178 g/mol. The number of anilines is 1. The van der Waals surface area contributed by atoms with Crippen LogP contribution < -0.4 is 16.2 Å². The Morgan fingerprint density at radius 3 is 2.85 bits per heavy atom. The van der Waals surface area contributed by atoms with Crippen molar-refractivity contribution in [3.05, 3.63) is 29.8 Å². The molecule has 4 N–H and O–H groups in total. The van der Waals surface area contributed by atoms with Crippen molar-refractivity contribution >= 4 is 11.8 Å². The van der Waals surface area contributed by atoms with Gasteiger partial charge in [-0.1, -0.05) is 12.2 Å². The van der Waals surface area contributed by atoms with E-state index in [1.165, 1.54) is 0 Å². The fourth-order valence-electron chi connectivity index (χ4n) is 1.06.